The van der Waals surface area contributed by atoms with Gasteiger partial charge in [0.2, 0.25) is 5.91 Å². The Hall–Kier alpha value is -0.570. The monoisotopic (exact) mass is 198 g/mol. The lowest BCUT2D eigenvalue weighted by Crippen LogP contribution is -2.26. The number of nitrogens with two attached hydrogens (primary N) is 1. The van der Waals surface area contributed by atoms with Crippen LogP contribution in [-0.4, -0.2) is 19.0 Å². The van der Waals surface area contributed by atoms with Crippen LogP contribution in [0.4, 0.5) is 0 Å². The van der Waals surface area contributed by atoms with Crippen LogP contribution in [0.5, 0.6) is 0 Å². The molecule has 0 aliphatic heterocycles. The molecule has 0 radical (unpaired) electrons. The van der Waals surface area contributed by atoms with Gasteiger partial charge in [0, 0.05) is 13.5 Å². The number of carbonyl (C=O) groups is 1. The minimum absolute atomic E-state index is 0.0836. The maximum Gasteiger partial charge on any atom is 0.216 e. The first kappa shape index (κ1) is 11.5. The van der Waals surface area contributed by atoms with Crippen LogP contribution < -0.4 is 11.1 Å². The highest BCUT2D eigenvalue weighted by atomic mass is 16.1. The summed E-state index contributed by atoms with van der Waals surface area (Å²) >= 11 is 0. The normalized spacial score (nSPS) is 28.8. The fourth-order valence-corrected chi connectivity index (χ4v) is 2.30. The average Bonchev–Trinajstić information content (AvgIpc) is 2.62. The molecule has 3 unspecified atom stereocenters. The summed E-state index contributed by atoms with van der Waals surface area (Å²) < 4.78 is 0. The molecule has 3 N–H and O–H groups in total. The van der Waals surface area contributed by atoms with E-state index in [0.29, 0.717) is 11.8 Å². The van der Waals surface area contributed by atoms with Gasteiger partial charge in [0.25, 0.3) is 0 Å². The highest BCUT2D eigenvalue weighted by Crippen LogP contribution is 2.34. The highest BCUT2D eigenvalue weighted by Gasteiger charge is 2.27. The second-order valence-electron chi connectivity index (χ2n) is 4.59. The van der Waals surface area contributed by atoms with Crippen molar-refractivity contribution in [3.63, 3.8) is 0 Å². The van der Waals surface area contributed by atoms with E-state index in [4.69, 9.17) is 5.73 Å². The molecule has 1 amide bonds. The topological polar surface area (TPSA) is 55.1 Å². The van der Waals surface area contributed by atoms with Crippen LogP contribution in [-0.2, 0) is 4.79 Å². The molecule has 1 rings (SSSR count). The molecule has 0 aromatic heterocycles. The van der Waals surface area contributed by atoms with Gasteiger partial charge in [0.15, 0.2) is 0 Å². The van der Waals surface area contributed by atoms with E-state index >= 15 is 0 Å². The van der Waals surface area contributed by atoms with Gasteiger partial charge in [-0.2, -0.15) is 0 Å². The van der Waals surface area contributed by atoms with Gasteiger partial charge in [0.1, 0.15) is 0 Å². The molecule has 0 saturated heterocycles. The Morgan fingerprint density at radius 1 is 1.57 bits per heavy atom. The van der Waals surface area contributed by atoms with Crippen LogP contribution in [0.2, 0.25) is 0 Å². The second kappa shape index (κ2) is 5.35. The number of amides is 1. The lowest BCUT2D eigenvalue weighted by molar-refractivity contribution is -0.119. The third-order valence-corrected chi connectivity index (χ3v) is 3.40. The minimum Gasteiger partial charge on any atom is -0.356 e. The molecule has 0 heterocycles. The molecule has 1 fully saturated rings. The van der Waals surface area contributed by atoms with Crippen LogP contribution >= 0.6 is 0 Å². The van der Waals surface area contributed by atoms with Crippen molar-refractivity contribution in [1.82, 2.24) is 5.32 Å². The molecular weight excluding hydrogens is 176 g/mol. The van der Waals surface area contributed by atoms with Crippen LogP contribution in [0.15, 0.2) is 0 Å². The molecule has 82 valence electrons. The molecule has 0 aromatic carbocycles. The number of hydrogen-bond donors (Lipinski definition) is 2. The largest absolute Gasteiger partial charge is 0.356 e. The van der Waals surface area contributed by atoms with Gasteiger partial charge >= 0.3 is 0 Å². The van der Waals surface area contributed by atoms with Gasteiger partial charge in [-0.1, -0.05) is 6.92 Å². The van der Waals surface area contributed by atoms with Crippen molar-refractivity contribution < 1.29 is 4.79 Å². The maximum atomic E-state index is 10.7. The molecule has 0 spiro atoms. The van der Waals surface area contributed by atoms with E-state index in [2.05, 4.69) is 12.2 Å². The van der Waals surface area contributed by atoms with E-state index in [-0.39, 0.29) is 5.91 Å². The molecule has 1 saturated carbocycles. The van der Waals surface area contributed by atoms with Gasteiger partial charge in [-0.05, 0) is 43.6 Å². The summed E-state index contributed by atoms with van der Waals surface area (Å²) in [6.45, 7) is 5.45. The summed E-state index contributed by atoms with van der Waals surface area (Å²) in [6.07, 6.45) is 3.76. The molecule has 1 aliphatic carbocycles. The zero-order valence-electron chi connectivity index (χ0n) is 9.25. The summed E-state index contributed by atoms with van der Waals surface area (Å²) in [4.78, 5) is 10.7. The van der Waals surface area contributed by atoms with Crippen LogP contribution in [0, 0.1) is 17.8 Å². The molecule has 14 heavy (non-hydrogen) atoms. The summed E-state index contributed by atoms with van der Waals surface area (Å²) in [5.74, 6) is 2.18. The number of hydrogen-bond acceptors (Lipinski definition) is 2. The average molecular weight is 198 g/mol. The minimum atomic E-state index is 0.0836. The molecule has 0 bridgehead atoms. The van der Waals surface area contributed by atoms with Crippen molar-refractivity contribution >= 4 is 5.91 Å². The van der Waals surface area contributed by atoms with Crippen molar-refractivity contribution in [2.75, 3.05) is 13.1 Å². The predicted molar refractivity (Wildman–Crippen MR) is 57.7 cm³/mol. The smallest absolute Gasteiger partial charge is 0.216 e. The summed E-state index contributed by atoms with van der Waals surface area (Å²) in [7, 11) is 0. The van der Waals surface area contributed by atoms with Crippen molar-refractivity contribution in [2.45, 2.75) is 33.1 Å². The first-order chi connectivity index (χ1) is 6.63. The lowest BCUT2D eigenvalue weighted by Gasteiger charge is -2.17. The summed E-state index contributed by atoms with van der Waals surface area (Å²) in [5.41, 5.74) is 5.65. The van der Waals surface area contributed by atoms with Crippen LogP contribution in [0.1, 0.15) is 33.1 Å². The number of carbonyl (C=O) groups excluding carboxylic acids is 1. The molecule has 1 aliphatic rings. The van der Waals surface area contributed by atoms with Crippen LogP contribution in [0.3, 0.4) is 0 Å². The highest BCUT2D eigenvalue weighted by molar-refractivity contribution is 5.72. The van der Waals surface area contributed by atoms with E-state index in [1.807, 2.05) is 0 Å². The van der Waals surface area contributed by atoms with E-state index < -0.39 is 0 Å². The van der Waals surface area contributed by atoms with Crippen molar-refractivity contribution in [1.29, 1.82) is 0 Å². The fraction of sp³-hybridized carbons (Fsp3) is 0.909. The third kappa shape index (κ3) is 3.29. The third-order valence-electron chi connectivity index (χ3n) is 3.40. The standard InChI is InChI=1S/C11H22N2O/c1-8(6-12)11-4-3-10(5-11)7-13-9(2)14/h8,10-11H,3-7,12H2,1-2H3,(H,13,14). The Bertz CT molecular complexity index is 194. The first-order valence-corrected chi connectivity index (χ1v) is 5.58. The van der Waals surface area contributed by atoms with Crippen molar-refractivity contribution in [3.05, 3.63) is 0 Å². The summed E-state index contributed by atoms with van der Waals surface area (Å²) in [6, 6.07) is 0. The van der Waals surface area contributed by atoms with E-state index in [1.54, 1.807) is 6.92 Å². The predicted octanol–water partition coefficient (Wildman–Crippen LogP) is 1.13. The van der Waals surface area contributed by atoms with Crippen molar-refractivity contribution in [2.24, 2.45) is 23.5 Å². The Morgan fingerprint density at radius 3 is 2.86 bits per heavy atom. The Morgan fingerprint density at radius 2 is 2.29 bits per heavy atom. The van der Waals surface area contributed by atoms with Gasteiger partial charge in [0.05, 0.1) is 0 Å². The van der Waals surface area contributed by atoms with Gasteiger partial charge < -0.3 is 11.1 Å². The SMILES string of the molecule is CC(=O)NCC1CCC(C(C)CN)C1. The number of rotatable bonds is 4. The zero-order valence-corrected chi connectivity index (χ0v) is 9.25. The molecule has 3 heteroatoms. The van der Waals surface area contributed by atoms with Gasteiger partial charge in [-0.3, -0.25) is 4.79 Å². The quantitative estimate of drug-likeness (QED) is 0.711. The van der Waals surface area contributed by atoms with Gasteiger partial charge in [-0.15, -0.1) is 0 Å². The van der Waals surface area contributed by atoms with Gasteiger partial charge in [-0.25, -0.2) is 0 Å². The second-order valence-corrected chi connectivity index (χ2v) is 4.59. The lowest BCUT2D eigenvalue weighted by atomic mass is 9.92. The van der Waals surface area contributed by atoms with Crippen molar-refractivity contribution in [3.8, 4) is 0 Å². The van der Waals surface area contributed by atoms with E-state index in [0.717, 1.165) is 19.0 Å². The Kier molecular flexibility index (Phi) is 4.39. The molecule has 0 aromatic rings. The van der Waals surface area contributed by atoms with E-state index in [9.17, 15) is 4.79 Å². The zero-order chi connectivity index (χ0) is 10.6. The molecular formula is C11H22N2O. The molecule has 3 atom stereocenters. The number of nitrogens with one attached hydrogen (secondary N) is 1. The Balaban J connectivity index is 2.23. The van der Waals surface area contributed by atoms with Crippen LogP contribution in [0.25, 0.3) is 0 Å². The molecule has 3 nitrogen and oxygen atoms in total. The van der Waals surface area contributed by atoms with E-state index in [1.165, 1.54) is 19.3 Å². The Labute approximate surface area is 86.4 Å². The first-order valence-electron chi connectivity index (χ1n) is 5.58. The summed E-state index contributed by atoms with van der Waals surface area (Å²) in [5, 5.41) is 2.89. The fourth-order valence-electron chi connectivity index (χ4n) is 2.30. The maximum absolute atomic E-state index is 10.7.